The second kappa shape index (κ2) is 9.07. The average Bonchev–Trinajstić information content (AvgIpc) is 2.92. The van der Waals surface area contributed by atoms with Gasteiger partial charge in [-0.05, 0) is 70.5 Å². The Hall–Kier alpha value is -2.65. The number of rotatable bonds is 7. The standard InChI is InChI=1S/C23H28BF2NO5/c1-7-30-19-11-14(13-27-21(28)16-12-15(25)8-9-18(16)29-6)10-17(26)20(19)24-31-22(2,3)23(4,5)32-24/h8-12H,7,13H2,1-6H3,(H,27,28). The van der Waals surface area contributed by atoms with Crippen molar-refractivity contribution in [1.29, 1.82) is 0 Å². The summed E-state index contributed by atoms with van der Waals surface area (Å²) in [5, 5.41) is 2.66. The first-order valence-electron chi connectivity index (χ1n) is 10.4. The van der Waals surface area contributed by atoms with Gasteiger partial charge in [-0.1, -0.05) is 0 Å². The van der Waals surface area contributed by atoms with Gasteiger partial charge >= 0.3 is 7.12 Å². The quantitative estimate of drug-likeness (QED) is 0.658. The number of halogens is 2. The molecule has 1 saturated heterocycles. The van der Waals surface area contributed by atoms with Crippen LogP contribution < -0.4 is 20.3 Å². The predicted molar refractivity (Wildman–Crippen MR) is 117 cm³/mol. The van der Waals surface area contributed by atoms with Gasteiger partial charge in [0.2, 0.25) is 0 Å². The van der Waals surface area contributed by atoms with E-state index in [1.807, 2.05) is 27.7 Å². The molecule has 0 saturated carbocycles. The van der Waals surface area contributed by atoms with Crippen molar-refractivity contribution in [2.75, 3.05) is 13.7 Å². The van der Waals surface area contributed by atoms with Crippen molar-refractivity contribution < 1.29 is 32.4 Å². The molecule has 0 aliphatic carbocycles. The number of amides is 1. The fourth-order valence-corrected chi connectivity index (χ4v) is 3.35. The van der Waals surface area contributed by atoms with E-state index in [1.165, 1.54) is 25.3 Å². The van der Waals surface area contributed by atoms with Crippen molar-refractivity contribution in [2.45, 2.75) is 52.4 Å². The summed E-state index contributed by atoms with van der Waals surface area (Å²) in [6, 6.07) is 6.59. The van der Waals surface area contributed by atoms with Gasteiger partial charge in [-0.2, -0.15) is 0 Å². The Labute approximate surface area is 187 Å². The van der Waals surface area contributed by atoms with E-state index in [-0.39, 0.29) is 29.1 Å². The van der Waals surface area contributed by atoms with Crippen LogP contribution >= 0.6 is 0 Å². The van der Waals surface area contributed by atoms with Gasteiger partial charge in [0, 0.05) is 6.54 Å². The van der Waals surface area contributed by atoms with Crippen LogP contribution in [0.5, 0.6) is 11.5 Å². The van der Waals surface area contributed by atoms with Gasteiger partial charge in [0.25, 0.3) is 5.91 Å². The molecule has 9 heteroatoms. The number of hydrogen-bond donors (Lipinski definition) is 1. The number of carbonyl (C=O) groups excluding carboxylic acids is 1. The second-order valence-corrected chi connectivity index (χ2v) is 8.54. The lowest BCUT2D eigenvalue weighted by Gasteiger charge is -2.32. The number of carbonyl (C=O) groups is 1. The largest absolute Gasteiger partial charge is 0.501 e. The number of nitrogens with one attached hydrogen (secondary N) is 1. The molecule has 1 aliphatic heterocycles. The number of methoxy groups -OCH3 is 1. The summed E-state index contributed by atoms with van der Waals surface area (Å²) in [4.78, 5) is 12.5. The molecule has 1 aliphatic rings. The molecule has 2 aromatic carbocycles. The first-order valence-corrected chi connectivity index (χ1v) is 10.4. The van der Waals surface area contributed by atoms with Crippen LogP contribution in [0.15, 0.2) is 30.3 Å². The molecule has 1 heterocycles. The first kappa shape index (κ1) is 24.0. The summed E-state index contributed by atoms with van der Waals surface area (Å²) in [6.45, 7) is 9.63. The van der Waals surface area contributed by atoms with E-state index in [9.17, 15) is 9.18 Å². The number of ether oxygens (including phenoxy) is 2. The lowest BCUT2D eigenvalue weighted by molar-refractivity contribution is 0.00578. The van der Waals surface area contributed by atoms with E-state index in [2.05, 4.69) is 5.32 Å². The van der Waals surface area contributed by atoms with E-state index in [4.69, 9.17) is 18.8 Å². The summed E-state index contributed by atoms with van der Waals surface area (Å²) in [6.07, 6.45) is 0. The number of hydrogen-bond acceptors (Lipinski definition) is 5. The van der Waals surface area contributed by atoms with Crippen molar-refractivity contribution in [1.82, 2.24) is 5.32 Å². The Morgan fingerprint density at radius 2 is 1.72 bits per heavy atom. The summed E-state index contributed by atoms with van der Waals surface area (Å²) in [5.74, 6) is -1.16. The summed E-state index contributed by atoms with van der Waals surface area (Å²) in [7, 11) is 0.462. The molecule has 0 spiro atoms. The van der Waals surface area contributed by atoms with Gasteiger partial charge in [-0.3, -0.25) is 4.79 Å². The smallest absolute Gasteiger partial charge is 0.496 e. The highest BCUT2D eigenvalue weighted by molar-refractivity contribution is 6.63. The minimum Gasteiger partial charge on any atom is -0.496 e. The Morgan fingerprint density at radius 3 is 2.31 bits per heavy atom. The first-order chi connectivity index (χ1) is 15.0. The highest BCUT2D eigenvalue weighted by atomic mass is 19.1. The third-order valence-electron chi connectivity index (χ3n) is 5.80. The summed E-state index contributed by atoms with van der Waals surface area (Å²) in [5.41, 5.74) is -0.580. The summed E-state index contributed by atoms with van der Waals surface area (Å²) >= 11 is 0. The van der Waals surface area contributed by atoms with Crippen molar-refractivity contribution >= 4 is 18.5 Å². The van der Waals surface area contributed by atoms with Gasteiger partial charge in [0.1, 0.15) is 23.1 Å². The molecule has 0 aromatic heterocycles. The Kier molecular flexibility index (Phi) is 6.81. The fourth-order valence-electron chi connectivity index (χ4n) is 3.35. The van der Waals surface area contributed by atoms with Crippen molar-refractivity contribution in [3.8, 4) is 11.5 Å². The highest BCUT2D eigenvalue weighted by Gasteiger charge is 2.53. The van der Waals surface area contributed by atoms with E-state index in [1.54, 1.807) is 13.0 Å². The van der Waals surface area contributed by atoms with Gasteiger partial charge in [0.05, 0.1) is 35.9 Å². The maximum atomic E-state index is 15.2. The molecule has 1 N–H and O–H groups in total. The Morgan fingerprint density at radius 1 is 1.06 bits per heavy atom. The Bertz CT molecular complexity index is 996. The molecule has 0 bridgehead atoms. The molecule has 2 aromatic rings. The minimum atomic E-state index is -0.929. The van der Waals surface area contributed by atoms with Crippen molar-refractivity contribution in [3.63, 3.8) is 0 Å². The van der Waals surface area contributed by atoms with Crippen LogP contribution in [0, 0.1) is 11.6 Å². The van der Waals surface area contributed by atoms with Gasteiger partial charge in [-0.15, -0.1) is 0 Å². The molecule has 172 valence electrons. The highest BCUT2D eigenvalue weighted by Crippen LogP contribution is 2.37. The van der Waals surface area contributed by atoms with Gasteiger partial charge < -0.3 is 24.1 Å². The maximum Gasteiger partial charge on any atom is 0.501 e. The zero-order chi connectivity index (χ0) is 23.7. The van der Waals surface area contributed by atoms with E-state index < -0.39 is 35.9 Å². The van der Waals surface area contributed by atoms with Crippen molar-refractivity contribution in [2.24, 2.45) is 0 Å². The third kappa shape index (κ3) is 4.73. The normalized spacial score (nSPS) is 16.7. The van der Waals surface area contributed by atoms with Crippen LogP contribution in [0.3, 0.4) is 0 Å². The zero-order valence-corrected chi connectivity index (χ0v) is 19.2. The van der Waals surface area contributed by atoms with Crippen LogP contribution in [0.1, 0.15) is 50.5 Å². The molecule has 6 nitrogen and oxygen atoms in total. The van der Waals surface area contributed by atoms with Crippen LogP contribution in [-0.2, 0) is 15.9 Å². The molecule has 0 unspecified atom stereocenters. The summed E-state index contributed by atoms with van der Waals surface area (Å²) < 4.78 is 51.5. The number of benzene rings is 2. The maximum absolute atomic E-state index is 15.2. The molecule has 32 heavy (non-hydrogen) atoms. The topological polar surface area (TPSA) is 66.0 Å². The molecule has 0 atom stereocenters. The van der Waals surface area contributed by atoms with Gasteiger partial charge in [-0.25, -0.2) is 8.78 Å². The van der Waals surface area contributed by atoms with E-state index in [0.29, 0.717) is 12.2 Å². The lowest BCUT2D eigenvalue weighted by Crippen LogP contribution is -2.41. The van der Waals surface area contributed by atoms with Crippen LogP contribution in [-0.4, -0.2) is 37.9 Å². The van der Waals surface area contributed by atoms with E-state index in [0.717, 1.165) is 6.07 Å². The predicted octanol–water partition coefficient (Wildman–Crippen LogP) is 3.60. The van der Waals surface area contributed by atoms with E-state index >= 15 is 4.39 Å². The molecular formula is C23H28BF2NO5. The SMILES string of the molecule is CCOc1cc(CNC(=O)c2cc(F)ccc2OC)cc(F)c1B1OC(C)(C)C(C)(C)O1. The minimum absolute atomic E-state index is 0.000851. The fraction of sp³-hybridized carbons (Fsp3) is 0.435. The monoisotopic (exact) mass is 447 g/mol. The molecule has 1 amide bonds. The second-order valence-electron chi connectivity index (χ2n) is 8.54. The van der Waals surface area contributed by atoms with Crippen LogP contribution in [0.2, 0.25) is 0 Å². The third-order valence-corrected chi connectivity index (χ3v) is 5.80. The average molecular weight is 447 g/mol. The van der Waals surface area contributed by atoms with Crippen molar-refractivity contribution in [3.05, 3.63) is 53.1 Å². The molecule has 0 radical (unpaired) electrons. The molecule has 3 rings (SSSR count). The molecule has 1 fully saturated rings. The van der Waals surface area contributed by atoms with Crippen LogP contribution in [0.25, 0.3) is 0 Å². The lowest BCUT2D eigenvalue weighted by atomic mass is 9.77. The zero-order valence-electron chi connectivity index (χ0n) is 19.2. The molecular weight excluding hydrogens is 419 g/mol. The van der Waals surface area contributed by atoms with Gasteiger partial charge in [0.15, 0.2) is 0 Å². The van der Waals surface area contributed by atoms with Crippen LogP contribution in [0.4, 0.5) is 8.78 Å². The Balaban J connectivity index is 1.84.